The summed E-state index contributed by atoms with van der Waals surface area (Å²) in [6.45, 7) is 6.23. The summed E-state index contributed by atoms with van der Waals surface area (Å²) in [7, 11) is 0. The first-order valence-electron chi connectivity index (χ1n) is 5.51. The molecule has 0 aliphatic carbocycles. The van der Waals surface area contributed by atoms with E-state index in [1.165, 1.54) is 0 Å². The number of amides is 1. The number of aromatic nitrogens is 1. The molecule has 0 radical (unpaired) electrons. The van der Waals surface area contributed by atoms with Crippen molar-refractivity contribution in [1.29, 1.82) is 0 Å². The van der Waals surface area contributed by atoms with Crippen LogP contribution in [-0.4, -0.2) is 16.9 Å². The van der Waals surface area contributed by atoms with Crippen LogP contribution in [0.2, 0.25) is 0 Å². The maximum atomic E-state index is 11.6. The van der Waals surface area contributed by atoms with Gasteiger partial charge in [-0.2, -0.15) is 0 Å². The van der Waals surface area contributed by atoms with Gasteiger partial charge in [0, 0.05) is 17.3 Å². The van der Waals surface area contributed by atoms with Crippen LogP contribution in [0.3, 0.4) is 0 Å². The fourth-order valence-corrected chi connectivity index (χ4v) is 1.91. The van der Waals surface area contributed by atoms with Gasteiger partial charge in [-0.05, 0) is 13.3 Å². The second-order valence-corrected chi connectivity index (χ2v) is 4.89. The van der Waals surface area contributed by atoms with Crippen LogP contribution in [0.4, 0.5) is 0 Å². The number of rotatable bonds is 5. The summed E-state index contributed by atoms with van der Waals surface area (Å²) in [6.07, 6.45) is 0.939. The Kier molecular flexibility index (Phi) is 10.6. The molecule has 0 saturated heterocycles. The summed E-state index contributed by atoms with van der Waals surface area (Å²) in [5.41, 5.74) is 6.58. The zero-order valence-corrected chi connectivity index (χ0v) is 13.3. The monoisotopic (exact) mass is 313 g/mol. The van der Waals surface area contributed by atoms with Gasteiger partial charge < -0.3 is 11.1 Å². The Labute approximate surface area is 125 Å². The Morgan fingerprint density at radius 2 is 2.11 bits per heavy atom. The lowest BCUT2D eigenvalue weighted by atomic mass is 10.0. The lowest BCUT2D eigenvalue weighted by molar-refractivity contribution is -0.125. The molecular formula is C11H21Cl2N3OS. The molecular weight excluding hydrogens is 293 g/mol. The van der Waals surface area contributed by atoms with Crippen molar-refractivity contribution in [3.05, 3.63) is 16.1 Å². The molecule has 0 aliphatic rings. The molecule has 1 aromatic heterocycles. The number of nitrogens with zero attached hydrogens (tertiary/aromatic N) is 1. The van der Waals surface area contributed by atoms with Gasteiger partial charge >= 0.3 is 0 Å². The van der Waals surface area contributed by atoms with Crippen molar-refractivity contribution in [2.24, 2.45) is 11.7 Å². The summed E-state index contributed by atoms with van der Waals surface area (Å²) in [5, 5.41) is 5.93. The van der Waals surface area contributed by atoms with Crippen LogP contribution in [0, 0.1) is 5.92 Å². The van der Waals surface area contributed by atoms with Gasteiger partial charge in [0.15, 0.2) is 0 Å². The van der Waals surface area contributed by atoms with E-state index in [0.29, 0.717) is 6.54 Å². The molecule has 0 saturated carbocycles. The van der Waals surface area contributed by atoms with Crippen LogP contribution in [0.15, 0.2) is 5.38 Å². The minimum Gasteiger partial charge on any atom is -0.350 e. The fraction of sp³-hybridized carbons (Fsp3) is 0.636. The first-order chi connectivity index (χ1) is 7.54. The number of nitrogens with two attached hydrogens (primary N) is 1. The van der Waals surface area contributed by atoms with E-state index in [2.05, 4.69) is 17.2 Å². The van der Waals surface area contributed by atoms with Crippen molar-refractivity contribution < 1.29 is 4.79 Å². The number of carbonyl (C=O) groups excluding carboxylic acids is 1. The standard InChI is InChI=1S/C11H19N3OS.2ClH/c1-4-10-14-9(6-16-10)5-13-11(15)7(2)8(3)12;;/h6-8H,4-5,12H2,1-3H3,(H,13,15);2*1H. The third kappa shape index (κ3) is 6.00. The highest BCUT2D eigenvalue weighted by Gasteiger charge is 2.16. The van der Waals surface area contributed by atoms with Crippen molar-refractivity contribution in [1.82, 2.24) is 10.3 Å². The number of nitrogens with one attached hydrogen (secondary N) is 1. The topological polar surface area (TPSA) is 68.0 Å². The number of hydrogen-bond acceptors (Lipinski definition) is 4. The predicted molar refractivity (Wildman–Crippen MR) is 80.6 cm³/mol. The highest BCUT2D eigenvalue weighted by atomic mass is 35.5. The van der Waals surface area contributed by atoms with E-state index in [1.807, 2.05) is 19.2 Å². The van der Waals surface area contributed by atoms with E-state index >= 15 is 0 Å². The highest BCUT2D eigenvalue weighted by molar-refractivity contribution is 7.09. The van der Waals surface area contributed by atoms with E-state index in [9.17, 15) is 4.79 Å². The first-order valence-corrected chi connectivity index (χ1v) is 6.39. The quantitative estimate of drug-likeness (QED) is 0.875. The van der Waals surface area contributed by atoms with Crippen LogP contribution in [0.25, 0.3) is 0 Å². The Morgan fingerprint density at radius 1 is 1.50 bits per heavy atom. The maximum absolute atomic E-state index is 11.6. The van der Waals surface area contributed by atoms with Gasteiger partial charge in [-0.15, -0.1) is 36.2 Å². The van der Waals surface area contributed by atoms with Gasteiger partial charge in [0.1, 0.15) is 0 Å². The third-order valence-corrected chi connectivity index (χ3v) is 3.59. The zero-order chi connectivity index (χ0) is 12.1. The second kappa shape index (κ2) is 9.55. The smallest absolute Gasteiger partial charge is 0.224 e. The van der Waals surface area contributed by atoms with Gasteiger partial charge in [0.05, 0.1) is 17.2 Å². The van der Waals surface area contributed by atoms with Crippen molar-refractivity contribution in [2.75, 3.05) is 0 Å². The van der Waals surface area contributed by atoms with E-state index in [4.69, 9.17) is 5.73 Å². The van der Waals surface area contributed by atoms with Gasteiger partial charge in [-0.25, -0.2) is 4.98 Å². The Bertz CT molecular complexity index is 358. The number of halogens is 2. The third-order valence-electron chi connectivity index (χ3n) is 2.55. The number of carbonyl (C=O) groups is 1. The number of thiazole rings is 1. The lowest BCUT2D eigenvalue weighted by Crippen LogP contribution is -2.38. The van der Waals surface area contributed by atoms with Crippen molar-refractivity contribution in [3.63, 3.8) is 0 Å². The van der Waals surface area contributed by atoms with E-state index in [-0.39, 0.29) is 42.7 Å². The Hall–Kier alpha value is -0.360. The summed E-state index contributed by atoms with van der Waals surface area (Å²) in [6, 6.07) is -0.123. The molecule has 2 atom stereocenters. The number of aryl methyl sites for hydroxylation is 1. The molecule has 0 aliphatic heterocycles. The molecule has 3 N–H and O–H groups in total. The van der Waals surface area contributed by atoms with Gasteiger partial charge in [-0.1, -0.05) is 13.8 Å². The summed E-state index contributed by atoms with van der Waals surface area (Å²) < 4.78 is 0. The minimum absolute atomic E-state index is 0. The molecule has 1 rings (SSSR count). The molecule has 2 unspecified atom stereocenters. The van der Waals surface area contributed by atoms with Gasteiger partial charge in [0.25, 0.3) is 0 Å². The normalized spacial score (nSPS) is 12.9. The molecule has 4 nitrogen and oxygen atoms in total. The maximum Gasteiger partial charge on any atom is 0.224 e. The highest BCUT2D eigenvalue weighted by Crippen LogP contribution is 2.10. The van der Waals surface area contributed by atoms with Crippen LogP contribution < -0.4 is 11.1 Å². The molecule has 106 valence electrons. The summed E-state index contributed by atoms with van der Waals surface area (Å²) in [5.74, 6) is -0.176. The average molecular weight is 314 g/mol. The predicted octanol–water partition coefficient (Wildman–Crippen LogP) is 2.15. The molecule has 7 heteroatoms. The molecule has 1 amide bonds. The van der Waals surface area contributed by atoms with Crippen molar-refractivity contribution in [2.45, 2.75) is 39.8 Å². The average Bonchev–Trinajstić information content (AvgIpc) is 2.72. The lowest BCUT2D eigenvalue weighted by Gasteiger charge is -2.14. The Morgan fingerprint density at radius 3 is 2.56 bits per heavy atom. The summed E-state index contributed by atoms with van der Waals surface area (Å²) in [4.78, 5) is 16.0. The van der Waals surface area contributed by atoms with Crippen molar-refractivity contribution >= 4 is 42.1 Å². The van der Waals surface area contributed by atoms with Gasteiger partial charge in [0.2, 0.25) is 5.91 Å². The van der Waals surface area contributed by atoms with E-state index in [0.717, 1.165) is 17.1 Å². The van der Waals surface area contributed by atoms with Gasteiger partial charge in [-0.3, -0.25) is 4.79 Å². The van der Waals surface area contributed by atoms with Crippen LogP contribution in [0.5, 0.6) is 0 Å². The molecule has 1 heterocycles. The Balaban J connectivity index is 0. The molecule has 0 aromatic carbocycles. The second-order valence-electron chi connectivity index (χ2n) is 3.95. The zero-order valence-electron chi connectivity index (χ0n) is 10.8. The minimum atomic E-state index is -0.163. The van der Waals surface area contributed by atoms with Crippen molar-refractivity contribution in [3.8, 4) is 0 Å². The number of hydrogen-bond donors (Lipinski definition) is 2. The molecule has 0 spiro atoms. The fourth-order valence-electron chi connectivity index (χ4n) is 1.17. The molecule has 0 bridgehead atoms. The van der Waals surface area contributed by atoms with Crippen LogP contribution in [0.1, 0.15) is 31.5 Å². The molecule has 18 heavy (non-hydrogen) atoms. The molecule has 1 aromatic rings. The van der Waals surface area contributed by atoms with Crippen LogP contribution in [-0.2, 0) is 17.8 Å². The largest absolute Gasteiger partial charge is 0.350 e. The first kappa shape index (κ1) is 20.0. The SMILES string of the molecule is CCc1nc(CNC(=O)C(C)C(C)N)cs1.Cl.Cl. The summed E-state index contributed by atoms with van der Waals surface area (Å²) >= 11 is 1.63. The van der Waals surface area contributed by atoms with E-state index < -0.39 is 0 Å². The van der Waals surface area contributed by atoms with E-state index in [1.54, 1.807) is 11.3 Å². The molecule has 0 fully saturated rings. The van der Waals surface area contributed by atoms with Crippen LogP contribution >= 0.6 is 36.2 Å².